The van der Waals surface area contributed by atoms with Crippen molar-refractivity contribution < 1.29 is 4.74 Å². The van der Waals surface area contributed by atoms with Gasteiger partial charge in [-0.05, 0) is 56.5 Å². The van der Waals surface area contributed by atoms with Crippen molar-refractivity contribution in [1.29, 1.82) is 0 Å². The van der Waals surface area contributed by atoms with E-state index in [1.807, 2.05) is 13.1 Å². The van der Waals surface area contributed by atoms with Gasteiger partial charge in [-0.15, -0.1) is 0 Å². The normalized spacial score (nSPS) is 20.5. The summed E-state index contributed by atoms with van der Waals surface area (Å²) in [5.41, 5.74) is 7.43. The van der Waals surface area contributed by atoms with E-state index in [9.17, 15) is 0 Å². The van der Waals surface area contributed by atoms with Gasteiger partial charge < -0.3 is 15.4 Å². The van der Waals surface area contributed by atoms with Gasteiger partial charge in [0.2, 0.25) is 0 Å². The Labute approximate surface area is 139 Å². The Morgan fingerprint density at radius 3 is 2.78 bits per heavy atom. The van der Waals surface area contributed by atoms with E-state index >= 15 is 0 Å². The summed E-state index contributed by atoms with van der Waals surface area (Å²) in [6, 6.07) is 9.21. The fourth-order valence-electron chi connectivity index (χ4n) is 3.27. The zero-order valence-electron chi connectivity index (χ0n) is 14.2. The number of benzene rings is 1. The van der Waals surface area contributed by atoms with Crippen LogP contribution in [0.2, 0.25) is 0 Å². The number of nitrogens with two attached hydrogens (primary N) is 1. The summed E-state index contributed by atoms with van der Waals surface area (Å²) in [6.07, 6.45) is 5.00. The highest BCUT2D eigenvalue weighted by Gasteiger charge is 2.28. The highest BCUT2D eigenvalue weighted by molar-refractivity contribution is 5.78. The monoisotopic (exact) mass is 316 g/mol. The first-order chi connectivity index (χ1) is 11.2. The van der Waals surface area contributed by atoms with Gasteiger partial charge in [0, 0.05) is 13.1 Å². The molecule has 3 rings (SSSR count). The molecule has 1 aromatic rings. The van der Waals surface area contributed by atoms with E-state index in [1.54, 1.807) is 7.11 Å². The number of aliphatic imine (C=N–C) groups is 1. The lowest BCUT2D eigenvalue weighted by molar-refractivity contribution is 0.250. The molecule has 0 amide bonds. The summed E-state index contributed by atoms with van der Waals surface area (Å²) in [7, 11) is 3.76. The molecule has 1 saturated carbocycles. The van der Waals surface area contributed by atoms with Crippen LogP contribution >= 0.6 is 0 Å². The molecular formula is C18H28N4O. The van der Waals surface area contributed by atoms with Gasteiger partial charge in [-0.25, -0.2) is 0 Å². The molecule has 1 heterocycles. The van der Waals surface area contributed by atoms with E-state index in [4.69, 9.17) is 15.5 Å². The van der Waals surface area contributed by atoms with E-state index in [0.29, 0.717) is 18.5 Å². The maximum absolute atomic E-state index is 6.17. The van der Waals surface area contributed by atoms with Gasteiger partial charge in [0.15, 0.2) is 5.96 Å². The molecule has 2 aliphatic rings. The molecule has 1 unspecified atom stereocenters. The predicted octanol–water partition coefficient (Wildman–Crippen LogP) is 2.24. The van der Waals surface area contributed by atoms with Crippen molar-refractivity contribution in [1.82, 2.24) is 9.80 Å². The van der Waals surface area contributed by atoms with Crippen molar-refractivity contribution >= 4 is 5.96 Å². The third-order valence-corrected chi connectivity index (χ3v) is 4.94. The standard InChI is InChI=1S/C18H28N4O/c1-21(15-8-9-15)18(19)20-13-17(22-10-3-4-11-22)14-6-5-7-16(12-14)23-2/h5-7,12,15,17H,3-4,8-11,13H2,1-2H3,(H2,19,20). The Balaban J connectivity index is 1.76. The number of nitrogens with zero attached hydrogens (tertiary/aromatic N) is 3. The summed E-state index contributed by atoms with van der Waals surface area (Å²) < 4.78 is 5.38. The fourth-order valence-corrected chi connectivity index (χ4v) is 3.27. The lowest BCUT2D eigenvalue weighted by atomic mass is 10.1. The van der Waals surface area contributed by atoms with E-state index in [0.717, 1.165) is 18.8 Å². The highest BCUT2D eigenvalue weighted by atomic mass is 16.5. The van der Waals surface area contributed by atoms with Crippen LogP contribution in [0.5, 0.6) is 5.75 Å². The van der Waals surface area contributed by atoms with Crippen molar-refractivity contribution in [2.45, 2.75) is 37.8 Å². The number of methoxy groups -OCH3 is 1. The van der Waals surface area contributed by atoms with Gasteiger partial charge in [0.1, 0.15) is 5.75 Å². The molecule has 1 aliphatic carbocycles. The van der Waals surface area contributed by atoms with Crippen molar-refractivity contribution in [3.8, 4) is 5.75 Å². The van der Waals surface area contributed by atoms with Gasteiger partial charge in [0.05, 0.1) is 19.7 Å². The fraction of sp³-hybridized carbons (Fsp3) is 0.611. The molecule has 5 heteroatoms. The molecule has 23 heavy (non-hydrogen) atoms. The predicted molar refractivity (Wildman–Crippen MR) is 93.8 cm³/mol. The van der Waals surface area contributed by atoms with E-state index in [2.05, 4.69) is 28.0 Å². The molecule has 5 nitrogen and oxygen atoms in total. The van der Waals surface area contributed by atoms with Crippen LogP contribution in [0.4, 0.5) is 0 Å². The van der Waals surface area contributed by atoms with E-state index < -0.39 is 0 Å². The second-order valence-corrected chi connectivity index (χ2v) is 6.58. The number of ether oxygens (including phenoxy) is 1. The molecule has 126 valence electrons. The molecule has 1 atom stereocenters. The van der Waals surface area contributed by atoms with Gasteiger partial charge in [-0.1, -0.05) is 12.1 Å². The summed E-state index contributed by atoms with van der Waals surface area (Å²) in [4.78, 5) is 9.33. The average Bonchev–Trinajstić information content (AvgIpc) is 3.30. The minimum atomic E-state index is 0.277. The zero-order chi connectivity index (χ0) is 16.2. The van der Waals surface area contributed by atoms with Crippen LogP contribution in [0.1, 0.15) is 37.3 Å². The highest BCUT2D eigenvalue weighted by Crippen LogP contribution is 2.28. The van der Waals surface area contributed by atoms with Gasteiger partial charge in [-0.3, -0.25) is 9.89 Å². The summed E-state index contributed by atoms with van der Waals surface area (Å²) in [5.74, 6) is 1.57. The Bertz CT molecular complexity index is 550. The van der Waals surface area contributed by atoms with Crippen LogP contribution in [-0.4, -0.2) is 55.6 Å². The molecule has 1 aliphatic heterocycles. The number of guanidine groups is 1. The topological polar surface area (TPSA) is 54.1 Å². The maximum Gasteiger partial charge on any atom is 0.191 e. The first kappa shape index (κ1) is 16.1. The molecule has 0 spiro atoms. The van der Waals surface area contributed by atoms with Crippen LogP contribution in [0, 0.1) is 0 Å². The Morgan fingerprint density at radius 1 is 1.39 bits per heavy atom. The molecule has 1 saturated heterocycles. The molecule has 0 bridgehead atoms. The zero-order valence-corrected chi connectivity index (χ0v) is 14.2. The lowest BCUT2D eigenvalue weighted by Gasteiger charge is -2.27. The van der Waals surface area contributed by atoms with Crippen molar-refractivity contribution in [2.24, 2.45) is 10.7 Å². The minimum absolute atomic E-state index is 0.277. The van der Waals surface area contributed by atoms with E-state index in [1.165, 1.54) is 31.2 Å². The van der Waals surface area contributed by atoms with Crippen LogP contribution in [-0.2, 0) is 0 Å². The summed E-state index contributed by atoms with van der Waals surface area (Å²) in [6.45, 7) is 2.97. The van der Waals surface area contributed by atoms with Gasteiger partial charge in [-0.2, -0.15) is 0 Å². The Hall–Kier alpha value is -1.75. The Morgan fingerprint density at radius 2 is 2.13 bits per heavy atom. The smallest absolute Gasteiger partial charge is 0.191 e. The largest absolute Gasteiger partial charge is 0.497 e. The van der Waals surface area contributed by atoms with Crippen LogP contribution in [0.25, 0.3) is 0 Å². The molecule has 2 N–H and O–H groups in total. The minimum Gasteiger partial charge on any atom is -0.497 e. The van der Waals surface area contributed by atoms with Crippen molar-refractivity contribution in [2.75, 3.05) is 33.8 Å². The third kappa shape index (κ3) is 3.96. The molecule has 1 aromatic carbocycles. The number of rotatable bonds is 6. The van der Waals surface area contributed by atoms with E-state index in [-0.39, 0.29) is 6.04 Å². The lowest BCUT2D eigenvalue weighted by Crippen LogP contribution is -2.37. The average molecular weight is 316 g/mol. The molecular weight excluding hydrogens is 288 g/mol. The van der Waals surface area contributed by atoms with Crippen LogP contribution in [0.3, 0.4) is 0 Å². The van der Waals surface area contributed by atoms with Crippen LogP contribution < -0.4 is 10.5 Å². The van der Waals surface area contributed by atoms with Crippen molar-refractivity contribution in [3.05, 3.63) is 29.8 Å². The second kappa shape index (κ2) is 7.21. The SMILES string of the molecule is COc1cccc(C(CN=C(N)N(C)C2CC2)N2CCCC2)c1. The molecule has 2 fully saturated rings. The summed E-state index contributed by atoms with van der Waals surface area (Å²) >= 11 is 0. The quantitative estimate of drug-likeness (QED) is 0.646. The number of hydrogen-bond donors (Lipinski definition) is 1. The van der Waals surface area contributed by atoms with Crippen LogP contribution in [0.15, 0.2) is 29.3 Å². The number of hydrogen-bond acceptors (Lipinski definition) is 3. The Kier molecular flexibility index (Phi) is 5.06. The first-order valence-electron chi connectivity index (χ1n) is 8.60. The first-order valence-corrected chi connectivity index (χ1v) is 8.60. The third-order valence-electron chi connectivity index (χ3n) is 4.94. The van der Waals surface area contributed by atoms with Gasteiger partial charge in [0.25, 0.3) is 0 Å². The maximum atomic E-state index is 6.17. The number of likely N-dealkylation sites (tertiary alicyclic amines) is 1. The second-order valence-electron chi connectivity index (χ2n) is 6.58. The summed E-state index contributed by atoms with van der Waals surface area (Å²) in [5, 5.41) is 0. The molecule has 0 aromatic heterocycles. The van der Waals surface area contributed by atoms with Crippen molar-refractivity contribution in [3.63, 3.8) is 0 Å². The molecule has 0 radical (unpaired) electrons. The van der Waals surface area contributed by atoms with Gasteiger partial charge >= 0.3 is 0 Å².